The number of hydrogen-bond acceptors (Lipinski definition) is 4. The summed E-state index contributed by atoms with van der Waals surface area (Å²) < 4.78 is 35.1. The minimum atomic E-state index is -2.96. The first-order valence-corrected chi connectivity index (χ1v) is 8.69. The largest absolute Gasteiger partial charge is 0.455 e. The van der Waals surface area contributed by atoms with Crippen LogP contribution in [0.1, 0.15) is 41.1 Å². The predicted molar refractivity (Wildman–Crippen MR) is 93.6 cm³/mol. The van der Waals surface area contributed by atoms with E-state index in [1.807, 2.05) is 0 Å². The van der Waals surface area contributed by atoms with Gasteiger partial charge in [0.1, 0.15) is 11.5 Å². The number of nitrogens with zero attached hydrogens (tertiary/aromatic N) is 1. The van der Waals surface area contributed by atoms with Crippen LogP contribution in [0.2, 0.25) is 0 Å². The molecule has 0 saturated carbocycles. The van der Waals surface area contributed by atoms with Crippen molar-refractivity contribution >= 4 is 11.6 Å². The van der Waals surface area contributed by atoms with Crippen molar-refractivity contribution in [3.8, 4) is 5.75 Å². The normalized spacial score (nSPS) is 15.2. The van der Waals surface area contributed by atoms with Gasteiger partial charge in [-0.25, -0.2) is 0 Å². The van der Waals surface area contributed by atoms with E-state index in [9.17, 15) is 13.6 Å². The first-order chi connectivity index (χ1) is 12.5. The van der Waals surface area contributed by atoms with Crippen LogP contribution in [0.3, 0.4) is 0 Å². The number of nitrogens with one attached hydrogen (secondary N) is 1. The Balaban J connectivity index is 1.67. The number of carbonyl (C=O) groups excluding carboxylic acids is 1. The molecule has 3 rings (SSSR count). The highest BCUT2D eigenvalue weighted by atomic mass is 19.3. The average molecular weight is 364 g/mol. The lowest BCUT2D eigenvalue weighted by Crippen LogP contribution is -2.28. The Morgan fingerprint density at radius 3 is 2.73 bits per heavy atom. The fraction of sp³-hybridized carbons (Fsp3) is 0.421. The van der Waals surface area contributed by atoms with Crippen molar-refractivity contribution in [2.75, 3.05) is 18.4 Å². The van der Waals surface area contributed by atoms with E-state index in [0.717, 1.165) is 18.7 Å². The highest BCUT2D eigenvalue weighted by Gasteiger charge is 2.18. The van der Waals surface area contributed by atoms with Gasteiger partial charge in [0.2, 0.25) is 0 Å². The van der Waals surface area contributed by atoms with E-state index in [-0.39, 0.29) is 17.2 Å². The highest BCUT2D eigenvalue weighted by Crippen LogP contribution is 2.28. The zero-order valence-electron chi connectivity index (χ0n) is 14.6. The number of carbonyl (C=O) groups is 1. The van der Waals surface area contributed by atoms with Crippen LogP contribution < -0.4 is 10.1 Å². The summed E-state index contributed by atoms with van der Waals surface area (Å²) >= 11 is 0. The van der Waals surface area contributed by atoms with Crippen LogP contribution in [-0.4, -0.2) is 30.5 Å². The minimum absolute atomic E-state index is 0.0842. The lowest BCUT2D eigenvalue weighted by atomic mass is 10.1. The van der Waals surface area contributed by atoms with Gasteiger partial charge in [0.05, 0.1) is 12.2 Å². The molecule has 2 heterocycles. The minimum Gasteiger partial charge on any atom is -0.455 e. The molecule has 1 fully saturated rings. The number of ether oxygens (including phenoxy) is 1. The van der Waals surface area contributed by atoms with Crippen molar-refractivity contribution in [1.82, 2.24) is 4.90 Å². The van der Waals surface area contributed by atoms with Gasteiger partial charge in [0.15, 0.2) is 5.76 Å². The van der Waals surface area contributed by atoms with E-state index >= 15 is 0 Å². The van der Waals surface area contributed by atoms with E-state index < -0.39 is 12.5 Å². The lowest BCUT2D eigenvalue weighted by Gasteiger charge is -2.25. The van der Waals surface area contributed by atoms with E-state index in [1.54, 1.807) is 31.2 Å². The smallest absolute Gasteiger partial charge is 0.387 e. The van der Waals surface area contributed by atoms with Crippen molar-refractivity contribution in [2.45, 2.75) is 39.3 Å². The monoisotopic (exact) mass is 364 g/mol. The third-order valence-corrected chi connectivity index (χ3v) is 4.31. The summed E-state index contributed by atoms with van der Waals surface area (Å²) in [5.41, 5.74) is 0.997. The van der Waals surface area contributed by atoms with E-state index in [0.29, 0.717) is 12.3 Å². The molecule has 1 aliphatic rings. The van der Waals surface area contributed by atoms with Crippen molar-refractivity contribution < 1.29 is 22.7 Å². The zero-order valence-corrected chi connectivity index (χ0v) is 14.6. The third-order valence-electron chi connectivity index (χ3n) is 4.31. The van der Waals surface area contributed by atoms with Crippen LogP contribution in [0.25, 0.3) is 0 Å². The van der Waals surface area contributed by atoms with Crippen LogP contribution in [0.4, 0.5) is 14.5 Å². The van der Waals surface area contributed by atoms with Crippen molar-refractivity contribution in [3.63, 3.8) is 0 Å². The maximum atomic E-state index is 12.5. The van der Waals surface area contributed by atoms with E-state index in [2.05, 4.69) is 15.0 Å². The molecule has 0 atom stereocenters. The summed E-state index contributed by atoms with van der Waals surface area (Å²) in [6.07, 6.45) is 3.60. The molecule has 0 radical (unpaired) electrons. The predicted octanol–water partition coefficient (Wildman–Crippen LogP) is 4.43. The second kappa shape index (κ2) is 8.31. The highest BCUT2D eigenvalue weighted by molar-refractivity contribution is 6.03. The number of piperidine rings is 1. The van der Waals surface area contributed by atoms with Crippen LogP contribution >= 0.6 is 0 Å². The molecule has 0 unspecified atom stereocenters. The lowest BCUT2D eigenvalue weighted by molar-refractivity contribution is -0.0493. The van der Waals surface area contributed by atoms with Gasteiger partial charge in [-0.05, 0) is 62.7 Å². The quantitative estimate of drug-likeness (QED) is 0.824. The molecule has 7 heteroatoms. The second-order valence-electron chi connectivity index (χ2n) is 6.44. The average Bonchev–Trinajstić information content (AvgIpc) is 3.06. The van der Waals surface area contributed by atoms with E-state index in [1.165, 1.54) is 25.3 Å². The van der Waals surface area contributed by atoms with Crippen molar-refractivity contribution in [3.05, 3.63) is 47.4 Å². The van der Waals surface area contributed by atoms with Crippen molar-refractivity contribution in [1.29, 1.82) is 0 Å². The summed E-state index contributed by atoms with van der Waals surface area (Å²) in [7, 11) is 0. The number of rotatable bonds is 6. The number of furan rings is 1. The van der Waals surface area contributed by atoms with Crippen LogP contribution in [-0.2, 0) is 6.54 Å². The van der Waals surface area contributed by atoms with Crippen molar-refractivity contribution in [2.24, 2.45) is 0 Å². The molecule has 1 saturated heterocycles. The number of benzene rings is 1. The van der Waals surface area contributed by atoms with E-state index in [4.69, 9.17) is 4.42 Å². The van der Waals surface area contributed by atoms with Gasteiger partial charge in [0.25, 0.3) is 5.91 Å². The maximum absolute atomic E-state index is 12.5. The number of halogens is 2. The van der Waals surface area contributed by atoms with Crippen LogP contribution in [0.15, 0.2) is 34.7 Å². The van der Waals surface area contributed by atoms with Gasteiger partial charge in [-0.3, -0.25) is 9.69 Å². The molecular formula is C19H22F2N2O3. The SMILES string of the molecule is Cc1ccc(OC(F)F)c(NC(=O)c2ccc(CN3CCCCC3)o2)c1. The fourth-order valence-corrected chi connectivity index (χ4v) is 3.05. The van der Waals surface area contributed by atoms with Crippen LogP contribution in [0, 0.1) is 6.92 Å². The molecule has 1 aliphatic heterocycles. The molecule has 1 aromatic heterocycles. The Morgan fingerprint density at radius 1 is 1.23 bits per heavy atom. The van der Waals surface area contributed by atoms with Gasteiger partial charge in [-0.15, -0.1) is 0 Å². The molecule has 5 nitrogen and oxygen atoms in total. The number of anilines is 1. The standard InChI is InChI=1S/C19H22F2N2O3/c1-13-5-7-16(26-19(20)21)15(11-13)22-18(24)17-8-6-14(25-17)12-23-9-3-2-4-10-23/h5-8,11,19H,2-4,9-10,12H2,1H3,(H,22,24). The Bertz CT molecular complexity index is 755. The second-order valence-corrected chi connectivity index (χ2v) is 6.44. The molecule has 0 spiro atoms. The summed E-state index contributed by atoms with van der Waals surface area (Å²) in [6.45, 7) is 1.55. The number of likely N-dealkylation sites (tertiary alicyclic amines) is 1. The molecule has 26 heavy (non-hydrogen) atoms. The number of amides is 1. The first-order valence-electron chi connectivity index (χ1n) is 8.69. The molecule has 0 bridgehead atoms. The van der Waals surface area contributed by atoms with Gasteiger partial charge in [0, 0.05) is 0 Å². The van der Waals surface area contributed by atoms with Gasteiger partial charge in [-0.2, -0.15) is 8.78 Å². The van der Waals surface area contributed by atoms with Gasteiger partial charge < -0.3 is 14.5 Å². The number of aryl methyl sites for hydroxylation is 1. The Morgan fingerprint density at radius 2 is 2.00 bits per heavy atom. The fourth-order valence-electron chi connectivity index (χ4n) is 3.05. The topological polar surface area (TPSA) is 54.7 Å². The Labute approximate surface area is 150 Å². The maximum Gasteiger partial charge on any atom is 0.387 e. The third kappa shape index (κ3) is 4.82. The molecule has 1 aromatic carbocycles. The zero-order chi connectivity index (χ0) is 18.5. The molecule has 140 valence electrons. The Kier molecular flexibility index (Phi) is 5.88. The Hall–Kier alpha value is -2.41. The van der Waals surface area contributed by atoms with Crippen LogP contribution in [0.5, 0.6) is 5.75 Å². The summed E-state index contributed by atoms with van der Waals surface area (Å²) in [4.78, 5) is 14.7. The summed E-state index contributed by atoms with van der Waals surface area (Å²) in [6, 6.07) is 7.99. The van der Waals surface area contributed by atoms with Gasteiger partial charge >= 0.3 is 6.61 Å². The molecule has 2 aromatic rings. The summed E-state index contributed by atoms with van der Waals surface area (Å²) in [5.74, 6) is 0.269. The van der Waals surface area contributed by atoms with Gasteiger partial charge in [-0.1, -0.05) is 12.5 Å². The summed E-state index contributed by atoms with van der Waals surface area (Å²) in [5, 5.41) is 2.59. The molecule has 1 N–H and O–H groups in total. The number of hydrogen-bond donors (Lipinski definition) is 1. The molecule has 0 aliphatic carbocycles. The molecular weight excluding hydrogens is 342 g/mol. The first kappa shape index (κ1) is 18.4. The molecule has 1 amide bonds. The number of alkyl halides is 2.